The van der Waals surface area contributed by atoms with Gasteiger partial charge in [-0.25, -0.2) is 13.9 Å². The number of aromatic nitrogens is 5. The van der Waals surface area contributed by atoms with Crippen molar-refractivity contribution in [3.8, 4) is 17.2 Å². The molecule has 0 unspecified atom stereocenters. The Kier molecular flexibility index (Phi) is 5.26. The number of hydrogen-bond acceptors (Lipinski definition) is 7. The Morgan fingerprint density at radius 3 is 2.86 bits per heavy atom. The molecule has 0 amide bonds. The minimum atomic E-state index is -0.909. The Bertz CT molecular complexity index is 1220. The summed E-state index contributed by atoms with van der Waals surface area (Å²) in [7, 11) is 0. The Labute approximate surface area is 168 Å². The number of aliphatic hydroxyl groups excluding tert-OH is 2. The van der Waals surface area contributed by atoms with E-state index in [9.17, 15) is 14.8 Å². The number of fused-ring (bicyclic) bond motifs is 1. The van der Waals surface area contributed by atoms with E-state index in [1.165, 1.54) is 29.2 Å². The average Bonchev–Trinajstić information content (AvgIpc) is 3.36. The first-order chi connectivity index (χ1) is 14.1. The van der Waals surface area contributed by atoms with Crippen molar-refractivity contribution in [1.29, 1.82) is 5.26 Å². The molecule has 4 rings (SSSR count). The van der Waals surface area contributed by atoms with Gasteiger partial charge in [0.25, 0.3) is 0 Å². The summed E-state index contributed by atoms with van der Waals surface area (Å²) in [6, 6.07) is 6.77. The first kappa shape index (κ1) is 19.1. The number of rotatable bonds is 6. The van der Waals surface area contributed by atoms with Crippen LogP contribution in [0.15, 0.2) is 59.1 Å². The highest BCUT2D eigenvalue weighted by atomic mass is 32.2. The van der Waals surface area contributed by atoms with Gasteiger partial charge in [-0.15, -0.1) is 0 Å². The van der Waals surface area contributed by atoms with E-state index >= 15 is 0 Å². The molecule has 1 atom stereocenters. The van der Waals surface area contributed by atoms with Gasteiger partial charge in [-0.1, -0.05) is 11.8 Å². The van der Waals surface area contributed by atoms with Crippen LogP contribution in [0.1, 0.15) is 5.56 Å². The standard InChI is InChI=1S/C19H15FN6O2S/c20-16-2-1-3-22-19(16)29-17-4-12(9-26-18(17)13(5-21)6-24-26)14-7-23-25(8-14)10-15(28)11-27/h1-4,6-9,15,27-28H,10-11H2/t15-/m0/s1. The normalized spacial score (nSPS) is 12.2. The summed E-state index contributed by atoms with van der Waals surface area (Å²) in [6.07, 6.45) is 7.15. The Hall–Kier alpha value is -3.26. The molecule has 29 heavy (non-hydrogen) atoms. The van der Waals surface area contributed by atoms with Crippen molar-refractivity contribution in [3.63, 3.8) is 0 Å². The summed E-state index contributed by atoms with van der Waals surface area (Å²) in [6.45, 7) is -0.207. The predicted octanol–water partition coefficient (Wildman–Crippen LogP) is 2.11. The number of aliphatic hydroxyl groups is 2. The van der Waals surface area contributed by atoms with Gasteiger partial charge in [-0.05, 0) is 18.2 Å². The van der Waals surface area contributed by atoms with Gasteiger partial charge in [0, 0.05) is 34.6 Å². The summed E-state index contributed by atoms with van der Waals surface area (Å²) >= 11 is 1.11. The largest absolute Gasteiger partial charge is 0.394 e. The zero-order valence-electron chi connectivity index (χ0n) is 15.0. The van der Waals surface area contributed by atoms with Gasteiger partial charge in [0.1, 0.15) is 11.1 Å². The molecule has 0 bridgehead atoms. The van der Waals surface area contributed by atoms with Crippen molar-refractivity contribution < 1.29 is 14.6 Å². The molecule has 0 fully saturated rings. The molecule has 0 saturated heterocycles. The molecule has 0 saturated carbocycles. The Morgan fingerprint density at radius 1 is 1.24 bits per heavy atom. The summed E-state index contributed by atoms with van der Waals surface area (Å²) in [4.78, 5) is 4.70. The quantitative estimate of drug-likeness (QED) is 0.501. The molecule has 8 nitrogen and oxygen atoms in total. The van der Waals surface area contributed by atoms with Crippen LogP contribution in [0.3, 0.4) is 0 Å². The first-order valence-corrected chi connectivity index (χ1v) is 9.42. The van der Waals surface area contributed by atoms with Crippen molar-refractivity contribution in [3.05, 3.63) is 60.6 Å². The minimum Gasteiger partial charge on any atom is -0.394 e. The SMILES string of the molecule is N#Cc1cnn2cc(-c3cnn(C[C@H](O)CO)c3)cc(Sc3ncccc3F)c12. The molecule has 0 aliphatic rings. The third-order valence-corrected chi connectivity index (χ3v) is 5.23. The fourth-order valence-electron chi connectivity index (χ4n) is 2.84. The van der Waals surface area contributed by atoms with E-state index < -0.39 is 11.9 Å². The lowest BCUT2D eigenvalue weighted by Gasteiger charge is -2.08. The zero-order valence-corrected chi connectivity index (χ0v) is 15.8. The maximum absolute atomic E-state index is 14.1. The molecule has 0 radical (unpaired) electrons. The highest BCUT2D eigenvalue weighted by molar-refractivity contribution is 7.99. The summed E-state index contributed by atoms with van der Waals surface area (Å²) in [5.41, 5.74) is 2.43. The maximum Gasteiger partial charge on any atom is 0.155 e. The fraction of sp³-hybridized carbons (Fsp3) is 0.158. The molecule has 2 N–H and O–H groups in total. The van der Waals surface area contributed by atoms with Gasteiger partial charge < -0.3 is 10.2 Å². The van der Waals surface area contributed by atoms with Gasteiger partial charge in [-0.3, -0.25) is 4.68 Å². The molecular weight excluding hydrogens is 395 g/mol. The molecule has 0 aromatic carbocycles. The van der Waals surface area contributed by atoms with Crippen molar-refractivity contribution in [2.75, 3.05) is 6.61 Å². The Morgan fingerprint density at radius 2 is 2.10 bits per heavy atom. The maximum atomic E-state index is 14.1. The first-order valence-electron chi connectivity index (χ1n) is 8.60. The van der Waals surface area contributed by atoms with E-state index in [1.54, 1.807) is 23.1 Å². The summed E-state index contributed by atoms with van der Waals surface area (Å²) in [5.74, 6) is -0.454. The number of nitriles is 1. The van der Waals surface area contributed by atoms with E-state index in [2.05, 4.69) is 21.3 Å². The molecule has 4 aromatic heterocycles. The number of halogens is 1. The second kappa shape index (κ2) is 8.00. The predicted molar refractivity (Wildman–Crippen MR) is 103 cm³/mol. The van der Waals surface area contributed by atoms with Crippen LogP contribution in [0.4, 0.5) is 4.39 Å². The van der Waals surface area contributed by atoms with E-state index in [0.29, 0.717) is 16.0 Å². The second-order valence-electron chi connectivity index (χ2n) is 6.24. The van der Waals surface area contributed by atoms with E-state index in [4.69, 9.17) is 5.11 Å². The van der Waals surface area contributed by atoms with Crippen molar-refractivity contribution in [1.82, 2.24) is 24.4 Å². The molecule has 0 spiro atoms. The molecule has 0 aliphatic carbocycles. The molecular formula is C19H15FN6O2S. The van der Waals surface area contributed by atoms with Crippen LogP contribution in [-0.2, 0) is 6.54 Å². The lowest BCUT2D eigenvalue weighted by atomic mass is 10.1. The van der Waals surface area contributed by atoms with Gasteiger partial charge in [0.2, 0.25) is 0 Å². The van der Waals surface area contributed by atoms with E-state index in [-0.39, 0.29) is 18.2 Å². The third-order valence-electron chi connectivity index (χ3n) is 4.20. The van der Waals surface area contributed by atoms with Crippen molar-refractivity contribution in [2.45, 2.75) is 22.6 Å². The van der Waals surface area contributed by atoms with Crippen LogP contribution in [-0.4, -0.2) is 47.3 Å². The average molecular weight is 410 g/mol. The minimum absolute atomic E-state index is 0.153. The van der Waals surface area contributed by atoms with Crippen LogP contribution < -0.4 is 0 Å². The second-order valence-corrected chi connectivity index (χ2v) is 7.27. The molecule has 4 heterocycles. The van der Waals surface area contributed by atoms with Crippen LogP contribution in [0.2, 0.25) is 0 Å². The third kappa shape index (κ3) is 3.84. The van der Waals surface area contributed by atoms with Gasteiger partial charge >= 0.3 is 0 Å². The van der Waals surface area contributed by atoms with Crippen LogP contribution in [0, 0.1) is 17.1 Å². The topological polar surface area (TPSA) is 112 Å². The summed E-state index contributed by atoms with van der Waals surface area (Å²) < 4.78 is 17.2. The summed E-state index contributed by atoms with van der Waals surface area (Å²) in [5, 5.41) is 36.6. The molecule has 4 aromatic rings. The smallest absolute Gasteiger partial charge is 0.155 e. The molecule has 146 valence electrons. The van der Waals surface area contributed by atoms with Gasteiger partial charge in [-0.2, -0.15) is 15.5 Å². The van der Waals surface area contributed by atoms with Crippen LogP contribution >= 0.6 is 11.8 Å². The van der Waals surface area contributed by atoms with Gasteiger partial charge in [0.15, 0.2) is 5.82 Å². The highest BCUT2D eigenvalue weighted by Crippen LogP contribution is 2.35. The van der Waals surface area contributed by atoms with E-state index in [1.807, 2.05) is 6.07 Å². The molecule has 0 aliphatic heterocycles. The number of hydrogen-bond donors (Lipinski definition) is 2. The fourth-order valence-corrected chi connectivity index (χ4v) is 3.81. The van der Waals surface area contributed by atoms with Crippen molar-refractivity contribution >= 4 is 17.3 Å². The zero-order chi connectivity index (χ0) is 20.4. The lowest BCUT2D eigenvalue weighted by Crippen LogP contribution is -2.19. The van der Waals surface area contributed by atoms with Gasteiger partial charge in [0.05, 0.1) is 42.7 Å². The van der Waals surface area contributed by atoms with Crippen molar-refractivity contribution in [2.24, 2.45) is 0 Å². The molecule has 10 heteroatoms. The number of nitrogens with zero attached hydrogens (tertiary/aromatic N) is 6. The Balaban J connectivity index is 1.79. The number of pyridine rings is 2. The highest BCUT2D eigenvalue weighted by Gasteiger charge is 2.16. The van der Waals surface area contributed by atoms with Crippen LogP contribution in [0.5, 0.6) is 0 Å². The van der Waals surface area contributed by atoms with Crippen LogP contribution in [0.25, 0.3) is 16.6 Å². The monoisotopic (exact) mass is 410 g/mol. The van der Waals surface area contributed by atoms with E-state index in [0.717, 1.165) is 22.9 Å². The lowest BCUT2D eigenvalue weighted by molar-refractivity contribution is 0.0783.